The van der Waals surface area contributed by atoms with Crippen molar-refractivity contribution in [2.45, 2.75) is 44.2 Å². The molecule has 2 N–H and O–H groups in total. The molecule has 0 radical (unpaired) electrons. The van der Waals surface area contributed by atoms with Crippen LogP contribution in [0.2, 0.25) is 0 Å². The number of nitrogens with two attached hydrogens (primary N) is 1. The number of aldehydes is 1. The molecule has 1 aliphatic carbocycles. The lowest BCUT2D eigenvalue weighted by Crippen LogP contribution is -2.44. The van der Waals surface area contributed by atoms with E-state index in [0.29, 0.717) is 55.7 Å². The molecule has 8 heteroatoms. The molecule has 1 saturated carbocycles. The molecule has 0 unspecified atom stereocenters. The molecule has 3 fully saturated rings. The van der Waals surface area contributed by atoms with E-state index in [4.69, 9.17) is 10.5 Å². The number of fused-ring (bicyclic) bond motifs is 2. The van der Waals surface area contributed by atoms with Gasteiger partial charge in [0.2, 0.25) is 0 Å². The van der Waals surface area contributed by atoms with Crippen LogP contribution >= 0.6 is 0 Å². The Morgan fingerprint density at radius 1 is 1.42 bits per heavy atom. The van der Waals surface area contributed by atoms with E-state index >= 15 is 4.39 Å². The van der Waals surface area contributed by atoms with Crippen molar-refractivity contribution in [1.82, 2.24) is 4.57 Å². The van der Waals surface area contributed by atoms with Gasteiger partial charge in [-0.2, -0.15) is 5.26 Å². The summed E-state index contributed by atoms with van der Waals surface area (Å²) in [7, 11) is 0. The van der Waals surface area contributed by atoms with Crippen molar-refractivity contribution in [2.75, 3.05) is 31.1 Å². The standard InChI is InChI=1S/C23H25FN4O3/c1-2-15-19(10-29)28(14-3-4-14)20-16(22(15)30)7-18(24)21(17(20)8-25)27-9-13-5-6-31-23(13,11-26)12-27/h7,10,13-14H,2-6,9,11-12,26H2,1H3/t13-,23+/m0/s1. The predicted molar refractivity (Wildman–Crippen MR) is 114 cm³/mol. The van der Waals surface area contributed by atoms with Gasteiger partial charge in [0.15, 0.2) is 11.7 Å². The largest absolute Gasteiger partial charge is 0.371 e. The van der Waals surface area contributed by atoms with E-state index in [-0.39, 0.29) is 34.0 Å². The van der Waals surface area contributed by atoms with E-state index < -0.39 is 11.4 Å². The Bertz CT molecular complexity index is 1200. The molecule has 3 heterocycles. The van der Waals surface area contributed by atoms with E-state index in [1.54, 1.807) is 11.5 Å². The molecular formula is C23H25FN4O3. The van der Waals surface area contributed by atoms with Crippen molar-refractivity contribution in [3.8, 4) is 6.07 Å². The van der Waals surface area contributed by atoms with Gasteiger partial charge in [-0.1, -0.05) is 6.92 Å². The fraction of sp³-hybridized carbons (Fsp3) is 0.522. The molecular weight excluding hydrogens is 399 g/mol. The fourth-order valence-electron chi connectivity index (χ4n) is 5.53. The summed E-state index contributed by atoms with van der Waals surface area (Å²) in [6, 6.07) is 3.44. The molecule has 7 nitrogen and oxygen atoms in total. The van der Waals surface area contributed by atoms with Crippen molar-refractivity contribution in [3.05, 3.63) is 38.9 Å². The first-order valence-corrected chi connectivity index (χ1v) is 10.9. The molecule has 2 saturated heterocycles. The Morgan fingerprint density at radius 2 is 2.19 bits per heavy atom. The number of anilines is 1. The third-order valence-electron chi connectivity index (χ3n) is 7.20. The summed E-state index contributed by atoms with van der Waals surface area (Å²) in [5.41, 5.74) is 6.43. The van der Waals surface area contributed by atoms with Gasteiger partial charge >= 0.3 is 0 Å². The van der Waals surface area contributed by atoms with E-state index in [9.17, 15) is 14.9 Å². The Morgan fingerprint density at radius 3 is 2.77 bits per heavy atom. The van der Waals surface area contributed by atoms with Crippen LogP contribution in [-0.2, 0) is 11.2 Å². The topological polar surface area (TPSA) is 101 Å². The zero-order chi connectivity index (χ0) is 21.9. The lowest BCUT2D eigenvalue weighted by Gasteiger charge is -2.28. The molecule has 2 atom stereocenters. The molecule has 0 bridgehead atoms. The van der Waals surface area contributed by atoms with Crippen molar-refractivity contribution in [1.29, 1.82) is 5.26 Å². The summed E-state index contributed by atoms with van der Waals surface area (Å²) < 4.78 is 23.2. The van der Waals surface area contributed by atoms with E-state index in [1.165, 1.54) is 6.07 Å². The summed E-state index contributed by atoms with van der Waals surface area (Å²) in [4.78, 5) is 27.0. The molecule has 1 aromatic carbocycles. The quantitative estimate of drug-likeness (QED) is 0.739. The Labute approximate surface area is 179 Å². The summed E-state index contributed by atoms with van der Waals surface area (Å²) in [6.45, 7) is 3.69. The predicted octanol–water partition coefficient (Wildman–Crippen LogP) is 2.28. The second-order valence-electron chi connectivity index (χ2n) is 8.84. The van der Waals surface area contributed by atoms with E-state index in [1.807, 2.05) is 4.90 Å². The van der Waals surface area contributed by atoms with Gasteiger partial charge in [-0.15, -0.1) is 0 Å². The number of halogens is 1. The number of benzene rings is 1. The number of rotatable bonds is 5. The van der Waals surface area contributed by atoms with Crippen LogP contribution in [0.3, 0.4) is 0 Å². The van der Waals surface area contributed by atoms with Crippen molar-refractivity contribution < 1.29 is 13.9 Å². The third kappa shape index (κ3) is 2.76. The number of carbonyl (C=O) groups excluding carboxylic acids is 1. The first-order chi connectivity index (χ1) is 15.0. The lowest BCUT2D eigenvalue weighted by atomic mass is 9.91. The average Bonchev–Trinajstić information content (AvgIpc) is 3.43. The number of nitriles is 1. The summed E-state index contributed by atoms with van der Waals surface area (Å²) in [6.07, 6.45) is 3.61. The highest BCUT2D eigenvalue weighted by Gasteiger charge is 2.51. The third-order valence-corrected chi connectivity index (χ3v) is 7.20. The van der Waals surface area contributed by atoms with E-state index in [2.05, 4.69) is 6.07 Å². The van der Waals surface area contributed by atoms with Crippen molar-refractivity contribution in [3.63, 3.8) is 0 Å². The summed E-state index contributed by atoms with van der Waals surface area (Å²) in [5.74, 6) is -0.436. The number of nitrogens with zero attached hydrogens (tertiary/aromatic N) is 3. The minimum atomic E-state index is -0.600. The number of ether oxygens (including phenoxy) is 1. The maximum atomic E-state index is 15.5. The van der Waals surface area contributed by atoms with Gasteiger partial charge in [-0.05, 0) is 31.7 Å². The zero-order valence-electron chi connectivity index (χ0n) is 17.5. The normalized spacial score (nSPS) is 25.1. The van der Waals surface area contributed by atoms with Gasteiger partial charge in [-0.25, -0.2) is 4.39 Å². The number of hydrogen-bond acceptors (Lipinski definition) is 6. The SMILES string of the molecule is CCc1c(C=O)n(C2CC2)c2c(C#N)c(N3C[C@@H]4CCO[C@]4(CN)C3)c(F)cc2c1=O. The molecule has 0 spiro atoms. The monoisotopic (exact) mass is 424 g/mol. The van der Waals surface area contributed by atoms with Crippen molar-refractivity contribution >= 4 is 22.9 Å². The van der Waals surface area contributed by atoms with E-state index in [0.717, 1.165) is 19.3 Å². The number of pyridine rings is 1. The van der Waals surface area contributed by atoms with Gasteiger partial charge in [-0.3, -0.25) is 9.59 Å². The summed E-state index contributed by atoms with van der Waals surface area (Å²) in [5, 5.41) is 10.3. The molecule has 2 aromatic rings. The second kappa shape index (κ2) is 7.14. The van der Waals surface area contributed by atoms with Crippen LogP contribution in [0.15, 0.2) is 10.9 Å². The van der Waals surface area contributed by atoms with Crippen LogP contribution < -0.4 is 16.1 Å². The molecule has 1 aromatic heterocycles. The van der Waals surface area contributed by atoms with Crippen LogP contribution in [0.25, 0.3) is 10.9 Å². The Kier molecular flexibility index (Phi) is 4.65. The maximum absolute atomic E-state index is 15.5. The molecule has 31 heavy (non-hydrogen) atoms. The van der Waals surface area contributed by atoms with Crippen LogP contribution in [0, 0.1) is 23.1 Å². The van der Waals surface area contributed by atoms with Crippen LogP contribution in [-0.4, -0.2) is 42.7 Å². The fourth-order valence-corrected chi connectivity index (χ4v) is 5.53. The van der Waals surface area contributed by atoms with Crippen LogP contribution in [0.5, 0.6) is 0 Å². The zero-order valence-corrected chi connectivity index (χ0v) is 17.5. The molecule has 0 amide bonds. The minimum Gasteiger partial charge on any atom is -0.371 e. The number of hydrogen-bond donors (Lipinski definition) is 1. The average molecular weight is 424 g/mol. The summed E-state index contributed by atoms with van der Waals surface area (Å²) >= 11 is 0. The first-order valence-electron chi connectivity index (χ1n) is 10.9. The van der Waals surface area contributed by atoms with Gasteiger partial charge in [0.1, 0.15) is 23.1 Å². The van der Waals surface area contributed by atoms with Gasteiger partial charge in [0.05, 0.1) is 22.3 Å². The number of aromatic nitrogens is 1. The number of carbonyl (C=O) groups is 1. The highest BCUT2D eigenvalue weighted by atomic mass is 19.1. The highest BCUT2D eigenvalue weighted by molar-refractivity contribution is 5.94. The molecule has 2 aliphatic heterocycles. The second-order valence-corrected chi connectivity index (χ2v) is 8.84. The highest BCUT2D eigenvalue weighted by Crippen LogP contribution is 2.45. The van der Waals surface area contributed by atoms with Gasteiger partial charge in [0, 0.05) is 43.8 Å². The lowest BCUT2D eigenvalue weighted by molar-refractivity contribution is 0.0126. The van der Waals surface area contributed by atoms with Crippen molar-refractivity contribution in [2.24, 2.45) is 11.7 Å². The smallest absolute Gasteiger partial charge is 0.193 e. The molecule has 5 rings (SSSR count). The maximum Gasteiger partial charge on any atom is 0.193 e. The molecule has 162 valence electrons. The van der Waals surface area contributed by atoms with Gasteiger partial charge < -0.3 is 19.9 Å². The Hall–Kier alpha value is -2.76. The first kappa shape index (κ1) is 20.2. The van der Waals surface area contributed by atoms with Crippen LogP contribution in [0.4, 0.5) is 10.1 Å². The minimum absolute atomic E-state index is 0.0377. The molecule has 3 aliphatic rings. The Balaban J connectivity index is 1.80. The van der Waals surface area contributed by atoms with Crippen LogP contribution in [0.1, 0.15) is 53.8 Å². The van der Waals surface area contributed by atoms with Gasteiger partial charge in [0.25, 0.3) is 0 Å².